The second-order valence-corrected chi connectivity index (χ2v) is 6.41. The highest BCUT2D eigenvalue weighted by atomic mass is 16.2. The summed E-state index contributed by atoms with van der Waals surface area (Å²) in [6.07, 6.45) is 7.46. The van der Waals surface area contributed by atoms with Gasteiger partial charge in [0.1, 0.15) is 0 Å². The number of fused-ring (bicyclic) bond motifs is 2. The molecule has 2 heterocycles. The summed E-state index contributed by atoms with van der Waals surface area (Å²) in [7, 11) is 2.23. The number of hydrogen-bond acceptors (Lipinski definition) is 3. The Morgan fingerprint density at radius 1 is 1.26 bits per heavy atom. The van der Waals surface area contributed by atoms with Crippen LogP contribution in [0.2, 0.25) is 0 Å². The van der Waals surface area contributed by atoms with Gasteiger partial charge in [-0.1, -0.05) is 20.3 Å². The molecule has 2 bridgehead atoms. The number of nitrogens with two attached hydrogens (primary N) is 1. The minimum absolute atomic E-state index is 0.0464. The number of rotatable bonds is 4. The van der Waals surface area contributed by atoms with Crippen LogP contribution in [-0.2, 0) is 4.79 Å². The molecule has 19 heavy (non-hydrogen) atoms. The van der Waals surface area contributed by atoms with Crippen LogP contribution in [0.5, 0.6) is 0 Å². The molecule has 4 heteroatoms. The Kier molecular flexibility index (Phi) is 4.51. The Bertz CT molecular complexity index is 313. The molecule has 0 saturated carbocycles. The Hall–Kier alpha value is -0.610. The van der Waals surface area contributed by atoms with E-state index in [9.17, 15) is 4.79 Å². The number of hydrogen-bond donors (Lipinski definition) is 2. The maximum atomic E-state index is 12.3. The molecule has 2 atom stereocenters. The molecule has 2 unspecified atom stereocenters. The van der Waals surface area contributed by atoms with Crippen molar-refractivity contribution >= 4 is 5.91 Å². The lowest BCUT2D eigenvalue weighted by atomic mass is 9.81. The molecule has 0 spiro atoms. The normalized spacial score (nSPS) is 32.1. The molecule has 0 aliphatic carbocycles. The summed E-state index contributed by atoms with van der Waals surface area (Å²) in [5, 5.41) is 3.22. The smallest absolute Gasteiger partial charge is 0.240 e. The molecule has 0 aromatic heterocycles. The van der Waals surface area contributed by atoms with E-state index < -0.39 is 5.54 Å². The molecule has 110 valence electrons. The van der Waals surface area contributed by atoms with Gasteiger partial charge < -0.3 is 16.0 Å². The lowest BCUT2D eigenvalue weighted by Gasteiger charge is -2.47. The van der Waals surface area contributed by atoms with Gasteiger partial charge >= 0.3 is 0 Å². The highest BCUT2D eigenvalue weighted by molar-refractivity contribution is 5.86. The first-order chi connectivity index (χ1) is 9.00. The largest absolute Gasteiger partial charge is 0.352 e. The van der Waals surface area contributed by atoms with Crippen molar-refractivity contribution in [1.82, 2.24) is 10.2 Å². The molecular weight excluding hydrogens is 238 g/mol. The minimum atomic E-state index is -0.682. The average molecular weight is 267 g/mol. The number of nitrogens with one attached hydrogen (secondary N) is 1. The standard InChI is InChI=1S/C15H29N3O/c1-4-15(16,5-2)14(19)17-11-9-12-7-6-8-13(10-11)18(12)3/h11-13H,4-10,16H2,1-3H3,(H,17,19). The van der Waals surface area contributed by atoms with Crippen LogP contribution in [-0.4, -0.2) is 41.5 Å². The number of carbonyl (C=O) groups is 1. The van der Waals surface area contributed by atoms with E-state index in [0.717, 1.165) is 12.8 Å². The summed E-state index contributed by atoms with van der Waals surface area (Å²) in [5.41, 5.74) is 5.50. The Morgan fingerprint density at radius 2 is 1.79 bits per heavy atom. The molecule has 2 saturated heterocycles. The van der Waals surface area contributed by atoms with Gasteiger partial charge in [0.15, 0.2) is 0 Å². The number of nitrogens with zero attached hydrogens (tertiary/aromatic N) is 1. The van der Waals surface area contributed by atoms with Crippen molar-refractivity contribution in [3.63, 3.8) is 0 Å². The van der Waals surface area contributed by atoms with Crippen molar-refractivity contribution in [3.8, 4) is 0 Å². The topological polar surface area (TPSA) is 58.4 Å². The number of carbonyl (C=O) groups excluding carboxylic acids is 1. The maximum Gasteiger partial charge on any atom is 0.240 e. The van der Waals surface area contributed by atoms with E-state index in [4.69, 9.17) is 5.73 Å². The van der Waals surface area contributed by atoms with Crippen molar-refractivity contribution in [2.45, 2.75) is 82.5 Å². The maximum absolute atomic E-state index is 12.3. The van der Waals surface area contributed by atoms with Crippen LogP contribution >= 0.6 is 0 Å². The first-order valence-electron chi connectivity index (χ1n) is 7.82. The van der Waals surface area contributed by atoms with Crippen molar-refractivity contribution < 1.29 is 4.79 Å². The highest BCUT2D eigenvalue weighted by Crippen LogP contribution is 2.32. The molecule has 2 fully saturated rings. The fraction of sp³-hybridized carbons (Fsp3) is 0.933. The van der Waals surface area contributed by atoms with Crippen molar-refractivity contribution in [2.75, 3.05) is 7.05 Å². The molecule has 3 N–H and O–H groups in total. The van der Waals surface area contributed by atoms with Gasteiger partial charge in [-0.25, -0.2) is 0 Å². The quantitative estimate of drug-likeness (QED) is 0.814. The minimum Gasteiger partial charge on any atom is -0.352 e. The van der Waals surface area contributed by atoms with Gasteiger partial charge in [-0.05, 0) is 45.6 Å². The fourth-order valence-corrected chi connectivity index (χ4v) is 3.63. The van der Waals surface area contributed by atoms with E-state index in [1.807, 2.05) is 13.8 Å². The molecule has 4 nitrogen and oxygen atoms in total. The van der Waals surface area contributed by atoms with E-state index in [-0.39, 0.29) is 5.91 Å². The Balaban J connectivity index is 1.95. The third kappa shape index (κ3) is 2.95. The van der Waals surface area contributed by atoms with Gasteiger partial charge in [-0.15, -0.1) is 0 Å². The lowest BCUT2D eigenvalue weighted by molar-refractivity contribution is -0.128. The fourth-order valence-electron chi connectivity index (χ4n) is 3.63. The van der Waals surface area contributed by atoms with Gasteiger partial charge in [0.2, 0.25) is 5.91 Å². The zero-order chi connectivity index (χ0) is 14.0. The molecule has 1 amide bonds. The summed E-state index contributed by atoms with van der Waals surface area (Å²) in [5.74, 6) is 0.0464. The third-order valence-electron chi connectivity index (χ3n) is 5.39. The predicted octanol–water partition coefficient (Wildman–Crippen LogP) is 1.64. The van der Waals surface area contributed by atoms with Crippen LogP contribution in [0.15, 0.2) is 0 Å². The van der Waals surface area contributed by atoms with E-state index in [1.54, 1.807) is 0 Å². The van der Waals surface area contributed by atoms with E-state index >= 15 is 0 Å². The van der Waals surface area contributed by atoms with Crippen LogP contribution in [0.4, 0.5) is 0 Å². The zero-order valence-corrected chi connectivity index (χ0v) is 12.6. The first-order valence-corrected chi connectivity index (χ1v) is 7.82. The van der Waals surface area contributed by atoms with Crippen LogP contribution in [0.1, 0.15) is 58.8 Å². The average Bonchev–Trinajstić information content (AvgIpc) is 2.39. The predicted molar refractivity (Wildman–Crippen MR) is 77.9 cm³/mol. The van der Waals surface area contributed by atoms with E-state index in [1.165, 1.54) is 19.3 Å². The van der Waals surface area contributed by atoms with Crippen LogP contribution in [0, 0.1) is 0 Å². The van der Waals surface area contributed by atoms with Crippen molar-refractivity contribution in [2.24, 2.45) is 5.73 Å². The first kappa shape index (κ1) is 14.8. The summed E-state index contributed by atoms with van der Waals surface area (Å²) < 4.78 is 0. The summed E-state index contributed by atoms with van der Waals surface area (Å²) >= 11 is 0. The van der Waals surface area contributed by atoms with Crippen LogP contribution < -0.4 is 11.1 Å². The third-order valence-corrected chi connectivity index (χ3v) is 5.39. The molecule has 0 aromatic rings. The monoisotopic (exact) mass is 267 g/mol. The van der Waals surface area contributed by atoms with E-state index in [0.29, 0.717) is 31.0 Å². The van der Waals surface area contributed by atoms with Crippen LogP contribution in [0.3, 0.4) is 0 Å². The van der Waals surface area contributed by atoms with Crippen LogP contribution in [0.25, 0.3) is 0 Å². The molecule has 2 rings (SSSR count). The molecule has 2 aliphatic heterocycles. The summed E-state index contributed by atoms with van der Waals surface area (Å²) in [6, 6.07) is 1.61. The summed E-state index contributed by atoms with van der Waals surface area (Å²) in [4.78, 5) is 14.9. The van der Waals surface area contributed by atoms with Gasteiger partial charge in [-0.3, -0.25) is 4.79 Å². The van der Waals surface area contributed by atoms with E-state index in [2.05, 4.69) is 17.3 Å². The molecule has 0 aromatic carbocycles. The molecule has 2 aliphatic rings. The number of amides is 1. The zero-order valence-electron chi connectivity index (χ0n) is 12.6. The summed E-state index contributed by atoms with van der Waals surface area (Å²) in [6.45, 7) is 3.99. The van der Waals surface area contributed by atoms with Crippen molar-refractivity contribution in [3.05, 3.63) is 0 Å². The Labute approximate surface area is 117 Å². The second kappa shape index (κ2) is 5.80. The van der Waals surface area contributed by atoms with Crippen molar-refractivity contribution in [1.29, 1.82) is 0 Å². The molecule has 0 radical (unpaired) electrons. The van der Waals surface area contributed by atoms with Gasteiger partial charge in [0, 0.05) is 18.1 Å². The highest BCUT2D eigenvalue weighted by Gasteiger charge is 2.38. The van der Waals surface area contributed by atoms with Gasteiger partial charge in [0.25, 0.3) is 0 Å². The lowest BCUT2D eigenvalue weighted by Crippen LogP contribution is -2.60. The molecular formula is C15H29N3O. The van der Waals surface area contributed by atoms with Gasteiger partial charge in [0.05, 0.1) is 5.54 Å². The SMILES string of the molecule is CCC(N)(CC)C(=O)NC1CC2CCCC(C1)N2C. The van der Waals surface area contributed by atoms with Gasteiger partial charge in [-0.2, -0.15) is 0 Å². The Morgan fingerprint density at radius 3 is 2.26 bits per heavy atom. The second-order valence-electron chi connectivity index (χ2n) is 6.41. The number of piperidine rings is 2.